The molecule has 0 aliphatic rings. The van der Waals surface area contributed by atoms with Crippen molar-refractivity contribution in [2.45, 2.75) is 12.8 Å². The fraction of sp³-hybridized carbons (Fsp3) is 0.105. The molecule has 7 rings (SSSR count). The fourth-order valence-corrected chi connectivity index (χ4v) is 5.63. The van der Waals surface area contributed by atoms with Crippen molar-refractivity contribution in [2.24, 2.45) is 14.1 Å². The first-order chi connectivity index (χ1) is 20.6. The summed E-state index contributed by atoms with van der Waals surface area (Å²) in [6.45, 7) is 0. The first-order valence-electron chi connectivity index (χ1n) is 14.4. The first kappa shape index (κ1) is 25.7. The number of aromatic nitrogens is 4. The van der Waals surface area contributed by atoms with E-state index >= 15 is 0 Å². The molecular weight excluding hydrogens is 512 g/mol. The van der Waals surface area contributed by atoms with E-state index in [0.717, 1.165) is 24.2 Å². The van der Waals surface area contributed by atoms with Gasteiger partial charge in [-0.15, -0.1) is 0 Å². The van der Waals surface area contributed by atoms with Crippen molar-refractivity contribution in [1.29, 1.82) is 0 Å². The van der Waals surface area contributed by atoms with Crippen molar-refractivity contribution in [3.63, 3.8) is 0 Å². The Labute approximate surface area is 246 Å². The number of nitrogens with zero attached hydrogens (tertiary/aromatic N) is 4. The van der Waals surface area contributed by atoms with Crippen LogP contribution in [0, 0.1) is 0 Å². The van der Waals surface area contributed by atoms with Crippen LogP contribution in [0.5, 0.6) is 0 Å². The number of hydrogen-bond acceptors (Lipinski definition) is 0. The molecule has 0 saturated heterocycles. The molecule has 4 heteroatoms. The zero-order chi connectivity index (χ0) is 28.5. The molecule has 0 amide bonds. The molecule has 0 saturated carbocycles. The molecular formula is C38H34N4+4. The lowest BCUT2D eigenvalue weighted by molar-refractivity contribution is -0.671. The second-order valence-electron chi connectivity index (χ2n) is 11.2. The zero-order valence-electron chi connectivity index (χ0n) is 24.1. The van der Waals surface area contributed by atoms with Crippen molar-refractivity contribution < 1.29 is 18.3 Å². The maximum absolute atomic E-state index is 2.23. The third kappa shape index (κ3) is 5.39. The highest BCUT2D eigenvalue weighted by atomic mass is 14.9. The van der Waals surface area contributed by atoms with Gasteiger partial charge >= 0.3 is 0 Å². The lowest BCUT2D eigenvalue weighted by Crippen LogP contribution is -2.30. The Bertz CT molecular complexity index is 1860. The molecule has 0 unspecified atom stereocenters. The van der Waals surface area contributed by atoms with Crippen molar-refractivity contribution >= 4 is 21.5 Å². The maximum atomic E-state index is 2.23. The van der Waals surface area contributed by atoms with E-state index in [-0.39, 0.29) is 0 Å². The maximum Gasteiger partial charge on any atom is 0.210 e. The van der Waals surface area contributed by atoms with Crippen molar-refractivity contribution in [3.05, 3.63) is 169 Å². The second-order valence-corrected chi connectivity index (χ2v) is 11.2. The summed E-state index contributed by atoms with van der Waals surface area (Å²) >= 11 is 0. The number of aryl methyl sites for hydroxylation is 2. The molecule has 4 aromatic heterocycles. The normalized spacial score (nSPS) is 11.3. The lowest BCUT2D eigenvalue weighted by Gasteiger charge is -2.05. The van der Waals surface area contributed by atoms with E-state index < -0.39 is 0 Å². The summed E-state index contributed by atoms with van der Waals surface area (Å²) in [5.41, 5.74) is 7.59. The van der Waals surface area contributed by atoms with Crippen molar-refractivity contribution in [2.75, 3.05) is 0 Å². The van der Waals surface area contributed by atoms with Crippen LogP contribution in [-0.4, -0.2) is 0 Å². The summed E-state index contributed by atoms with van der Waals surface area (Å²) in [5, 5.41) is 4.97. The van der Waals surface area contributed by atoms with E-state index in [1.807, 2.05) is 14.1 Å². The highest BCUT2D eigenvalue weighted by molar-refractivity contribution is 6.06. The van der Waals surface area contributed by atoms with Gasteiger partial charge in [-0.05, 0) is 47.2 Å². The number of hydrogen-bond donors (Lipinski definition) is 0. The Morgan fingerprint density at radius 3 is 1.12 bits per heavy atom. The predicted molar refractivity (Wildman–Crippen MR) is 165 cm³/mol. The van der Waals surface area contributed by atoms with Gasteiger partial charge in [0.2, 0.25) is 11.4 Å². The van der Waals surface area contributed by atoms with Gasteiger partial charge in [0.1, 0.15) is 14.1 Å². The predicted octanol–water partition coefficient (Wildman–Crippen LogP) is 5.38. The fourth-order valence-electron chi connectivity index (χ4n) is 5.63. The Morgan fingerprint density at radius 2 is 0.738 bits per heavy atom. The third-order valence-electron chi connectivity index (χ3n) is 8.10. The Hall–Kier alpha value is -5.22. The van der Waals surface area contributed by atoms with Gasteiger partial charge in [0.15, 0.2) is 49.6 Å². The molecule has 0 bridgehead atoms. The number of pyridine rings is 4. The highest BCUT2D eigenvalue weighted by Crippen LogP contribution is 2.24. The lowest BCUT2D eigenvalue weighted by atomic mass is 10.0. The summed E-state index contributed by atoms with van der Waals surface area (Å²) in [6, 6.07) is 35.4. The van der Waals surface area contributed by atoms with E-state index in [1.54, 1.807) is 0 Å². The summed E-state index contributed by atoms with van der Waals surface area (Å²) in [6.07, 6.45) is 19.1. The van der Waals surface area contributed by atoms with Gasteiger partial charge in [-0.2, -0.15) is 9.13 Å². The number of fused-ring (bicyclic) bond motifs is 3. The van der Waals surface area contributed by atoms with Gasteiger partial charge in [0.05, 0.1) is 0 Å². The molecule has 0 aliphatic heterocycles. The van der Waals surface area contributed by atoms with Crippen LogP contribution in [0.25, 0.3) is 32.9 Å². The zero-order valence-corrected chi connectivity index (χ0v) is 24.1. The quantitative estimate of drug-likeness (QED) is 0.197. The molecule has 0 spiro atoms. The first-order valence-corrected chi connectivity index (χ1v) is 14.4. The van der Waals surface area contributed by atoms with Gasteiger partial charge in [0.25, 0.3) is 0 Å². The molecule has 0 atom stereocenters. The van der Waals surface area contributed by atoms with Gasteiger partial charge in [0, 0.05) is 82.2 Å². The monoisotopic (exact) mass is 546 g/mol. The molecule has 0 aliphatic carbocycles. The third-order valence-corrected chi connectivity index (χ3v) is 8.10. The summed E-state index contributed by atoms with van der Waals surface area (Å²) in [5.74, 6) is 0. The molecule has 202 valence electrons. The number of rotatable bonds is 6. The van der Waals surface area contributed by atoms with Crippen molar-refractivity contribution in [3.8, 4) is 11.4 Å². The molecule has 0 fully saturated rings. The SMILES string of the molecule is C[n+]1ccc(Cc2ccc(-[n+]3ccc4c(ccc5c[n+](-c6ccc(Cc7cc[n+](C)cc7)cc6)ccc54)c3)cc2)cc1. The average Bonchev–Trinajstić information content (AvgIpc) is 3.03. The second kappa shape index (κ2) is 11.0. The van der Waals surface area contributed by atoms with Crippen LogP contribution < -0.4 is 18.3 Å². The average molecular weight is 547 g/mol. The number of benzene rings is 3. The minimum absolute atomic E-state index is 0.937. The van der Waals surface area contributed by atoms with Crippen LogP contribution >= 0.6 is 0 Å². The van der Waals surface area contributed by atoms with Crippen molar-refractivity contribution in [1.82, 2.24) is 0 Å². The Balaban J connectivity index is 1.11. The Kier molecular flexibility index (Phi) is 6.73. The van der Waals surface area contributed by atoms with Gasteiger partial charge < -0.3 is 0 Å². The van der Waals surface area contributed by atoms with E-state index in [4.69, 9.17) is 0 Å². The van der Waals surface area contributed by atoms with Crippen LogP contribution in [-0.2, 0) is 26.9 Å². The largest absolute Gasteiger partial charge is 0.210 e. The van der Waals surface area contributed by atoms with Gasteiger partial charge in [-0.1, -0.05) is 24.3 Å². The van der Waals surface area contributed by atoms with Crippen LogP contribution in [0.15, 0.2) is 147 Å². The Morgan fingerprint density at radius 1 is 0.381 bits per heavy atom. The molecule has 4 heterocycles. The summed E-state index contributed by atoms with van der Waals surface area (Å²) in [7, 11) is 4.09. The highest BCUT2D eigenvalue weighted by Gasteiger charge is 2.13. The summed E-state index contributed by atoms with van der Waals surface area (Å²) in [4.78, 5) is 0. The topological polar surface area (TPSA) is 15.5 Å². The van der Waals surface area contributed by atoms with E-state index in [0.29, 0.717) is 0 Å². The molecule has 42 heavy (non-hydrogen) atoms. The van der Waals surface area contributed by atoms with Gasteiger partial charge in [-0.3, -0.25) is 0 Å². The summed E-state index contributed by atoms with van der Waals surface area (Å²) < 4.78 is 8.55. The molecule has 0 N–H and O–H groups in total. The molecule has 4 nitrogen and oxygen atoms in total. The minimum Gasteiger partial charge on any atom is -0.208 e. The van der Waals surface area contributed by atoms with Crippen LogP contribution in [0.3, 0.4) is 0 Å². The molecule has 3 aromatic carbocycles. The minimum atomic E-state index is 0.937. The van der Waals surface area contributed by atoms with Gasteiger partial charge in [-0.25, -0.2) is 9.13 Å². The van der Waals surface area contributed by atoms with Crippen LogP contribution in [0.1, 0.15) is 22.3 Å². The van der Waals surface area contributed by atoms with E-state index in [2.05, 4.69) is 165 Å². The van der Waals surface area contributed by atoms with Crippen LogP contribution in [0.2, 0.25) is 0 Å². The van der Waals surface area contributed by atoms with E-state index in [9.17, 15) is 0 Å². The molecule has 7 aromatic rings. The van der Waals surface area contributed by atoms with E-state index in [1.165, 1.54) is 43.8 Å². The molecule has 0 radical (unpaired) electrons. The van der Waals surface area contributed by atoms with Crippen LogP contribution in [0.4, 0.5) is 0 Å². The smallest absolute Gasteiger partial charge is 0.208 e. The standard InChI is InChI=1S/C38H34N4/c1-39-19-13-31(14-20-39)25-29-3-9-35(10-4-29)41-23-17-37-33(27-41)7-8-34-28-42(24-18-38(34)37)36-11-5-30(6-12-36)26-32-15-21-40(2)22-16-32/h3-24,27-28H,25-26H2,1-2H3/q+4.